The van der Waals surface area contributed by atoms with E-state index in [1.807, 2.05) is 0 Å². The van der Waals surface area contributed by atoms with Gasteiger partial charge in [-0.15, -0.1) is 0 Å². The van der Waals surface area contributed by atoms with Gasteiger partial charge in [0.1, 0.15) is 0 Å². The summed E-state index contributed by atoms with van der Waals surface area (Å²) in [4.78, 5) is 0. The highest BCUT2D eigenvalue weighted by atomic mass is 35.5. The third-order valence-electron chi connectivity index (χ3n) is 5.83. The second-order valence-electron chi connectivity index (χ2n) is 9.49. The molecule has 0 aromatic heterocycles. The zero-order valence-electron chi connectivity index (χ0n) is 19.7. The van der Waals surface area contributed by atoms with Crippen molar-refractivity contribution in [1.29, 1.82) is 0 Å². The van der Waals surface area contributed by atoms with Gasteiger partial charge in [0.15, 0.2) is 0 Å². The first-order valence-corrected chi connectivity index (χ1v) is 12.3. The van der Waals surface area contributed by atoms with E-state index in [2.05, 4.69) is 55.4 Å². The molecule has 0 spiro atoms. The molecule has 6 heteroatoms. The molecule has 4 N–H and O–H groups in total. The summed E-state index contributed by atoms with van der Waals surface area (Å²) in [5.74, 6) is 0.596. The number of hydrogen-bond acceptors (Lipinski definition) is 2. The van der Waals surface area contributed by atoms with Crippen LogP contribution in [0, 0.1) is 0 Å². The molecule has 0 aliphatic heterocycles. The summed E-state index contributed by atoms with van der Waals surface area (Å²) in [5, 5.41) is 2.34. The Morgan fingerprint density at radius 3 is 0.839 bits per heavy atom. The van der Waals surface area contributed by atoms with Crippen LogP contribution in [0.3, 0.4) is 0 Å². The number of halogens is 4. The van der Waals surface area contributed by atoms with Gasteiger partial charge >= 0.3 is 0 Å². The van der Waals surface area contributed by atoms with Crippen LogP contribution in [0.5, 0.6) is 0 Å². The summed E-state index contributed by atoms with van der Waals surface area (Å²) < 4.78 is 0. The Hall–Kier alpha value is -0.800. The van der Waals surface area contributed by atoms with Crippen LogP contribution in [-0.4, -0.2) is 0 Å². The molecular weight excluding hydrogens is 470 g/mol. The Balaban J connectivity index is 2.92. The SMILES string of the molecule is CC(C)c1c(N)c(C(C)C)c(Cl)c(Cc2c(Cl)c(C(C)C)c(N)c(C(C)C)c2Cl)c1Cl. The van der Waals surface area contributed by atoms with E-state index in [-0.39, 0.29) is 23.7 Å². The molecule has 0 aliphatic carbocycles. The predicted octanol–water partition coefficient (Wildman–Crippen LogP) is 9.55. The molecule has 172 valence electrons. The first-order valence-electron chi connectivity index (χ1n) is 10.8. The molecule has 0 atom stereocenters. The van der Waals surface area contributed by atoms with Crippen LogP contribution in [0.25, 0.3) is 0 Å². The van der Waals surface area contributed by atoms with E-state index in [1.54, 1.807) is 0 Å². The third kappa shape index (κ3) is 4.78. The van der Waals surface area contributed by atoms with Gasteiger partial charge < -0.3 is 11.5 Å². The van der Waals surface area contributed by atoms with Gasteiger partial charge in [0.2, 0.25) is 0 Å². The summed E-state index contributed by atoms with van der Waals surface area (Å²) in [6, 6.07) is 0. The number of anilines is 2. The molecule has 31 heavy (non-hydrogen) atoms. The molecule has 2 rings (SSSR count). The lowest BCUT2D eigenvalue weighted by atomic mass is 9.86. The summed E-state index contributed by atoms with van der Waals surface area (Å²) in [6.07, 6.45) is 0.411. The molecule has 0 saturated heterocycles. The maximum Gasteiger partial charge on any atom is 0.0511 e. The Kier molecular flexibility index (Phi) is 8.53. The van der Waals surface area contributed by atoms with E-state index in [4.69, 9.17) is 57.9 Å². The summed E-state index contributed by atoms with van der Waals surface area (Å²) in [7, 11) is 0. The van der Waals surface area contributed by atoms with Crippen LogP contribution in [0.2, 0.25) is 20.1 Å². The molecule has 0 amide bonds. The van der Waals surface area contributed by atoms with Crippen LogP contribution >= 0.6 is 46.4 Å². The molecule has 0 unspecified atom stereocenters. The Bertz CT molecular complexity index is 842. The molecule has 0 bridgehead atoms. The first-order chi connectivity index (χ1) is 14.2. The van der Waals surface area contributed by atoms with Crippen molar-refractivity contribution in [1.82, 2.24) is 0 Å². The molecule has 2 nitrogen and oxygen atoms in total. The van der Waals surface area contributed by atoms with Crippen molar-refractivity contribution in [2.45, 2.75) is 85.5 Å². The third-order valence-corrected chi connectivity index (χ3v) is 7.56. The fourth-order valence-corrected chi connectivity index (χ4v) is 6.37. The topological polar surface area (TPSA) is 52.0 Å². The number of hydrogen-bond donors (Lipinski definition) is 2. The summed E-state index contributed by atoms with van der Waals surface area (Å²) >= 11 is 27.6. The lowest BCUT2D eigenvalue weighted by Gasteiger charge is -2.26. The van der Waals surface area contributed by atoms with Gasteiger partial charge in [-0.25, -0.2) is 0 Å². The molecule has 0 radical (unpaired) electrons. The van der Waals surface area contributed by atoms with Crippen molar-refractivity contribution in [2.75, 3.05) is 11.5 Å². The zero-order chi connectivity index (χ0) is 23.9. The minimum atomic E-state index is 0.149. The van der Waals surface area contributed by atoms with Crippen LogP contribution in [-0.2, 0) is 6.42 Å². The fraction of sp³-hybridized carbons (Fsp3) is 0.520. The van der Waals surface area contributed by atoms with E-state index >= 15 is 0 Å². The summed E-state index contributed by atoms with van der Waals surface area (Å²) in [6.45, 7) is 16.6. The van der Waals surface area contributed by atoms with Gasteiger partial charge in [0.05, 0.1) is 20.1 Å². The minimum Gasteiger partial charge on any atom is -0.398 e. The largest absolute Gasteiger partial charge is 0.398 e. The standard InChI is InChI=1S/C25H34Cl4N2/c1-10(2)16-20(26)14(21(27)17(11(3)4)24(16)30)9-15-22(28)18(12(5)6)25(31)19(13(7)8)23(15)29/h10-13H,9,30-31H2,1-8H3. The Morgan fingerprint density at radius 1 is 0.484 bits per heavy atom. The second kappa shape index (κ2) is 10.00. The second-order valence-corrected chi connectivity index (χ2v) is 11.0. The van der Waals surface area contributed by atoms with Crippen molar-refractivity contribution in [3.05, 3.63) is 53.5 Å². The molecule has 0 heterocycles. The zero-order valence-corrected chi connectivity index (χ0v) is 22.7. The highest BCUT2D eigenvalue weighted by Gasteiger charge is 2.28. The highest BCUT2D eigenvalue weighted by Crippen LogP contribution is 2.48. The van der Waals surface area contributed by atoms with E-state index < -0.39 is 0 Å². The van der Waals surface area contributed by atoms with Gasteiger partial charge in [0.25, 0.3) is 0 Å². The number of nitrogen functional groups attached to an aromatic ring is 2. The normalized spacial score (nSPS) is 12.1. The maximum absolute atomic E-state index is 6.91. The average molecular weight is 504 g/mol. The van der Waals surface area contributed by atoms with Gasteiger partial charge in [-0.2, -0.15) is 0 Å². The van der Waals surface area contributed by atoms with Crippen LogP contribution in [0.1, 0.15) is 112 Å². The molecular formula is C25H34Cl4N2. The molecule has 2 aromatic carbocycles. The molecule has 0 saturated carbocycles. The minimum absolute atomic E-state index is 0.149. The van der Waals surface area contributed by atoms with Gasteiger partial charge in [-0.1, -0.05) is 102 Å². The van der Waals surface area contributed by atoms with Crippen molar-refractivity contribution in [3.63, 3.8) is 0 Å². The Labute approximate surface area is 207 Å². The van der Waals surface area contributed by atoms with Crippen molar-refractivity contribution in [3.8, 4) is 0 Å². The molecule has 2 aromatic rings. The maximum atomic E-state index is 6.91. The quantitative estimate of drug-likeness (QED) is 0.385. The number of rotatable bonds is 6. The van der Waals surface area contributed by atoms with Gasteiger partial charge in [0, 0.05) is 17.8 Å². The number of nitrogens with two attached hydrogens (primary N) is 2. The fourth-order valence-electron chi connectivity index (χ4n) is 4.35. The first kappa shape index (κ1) is 26.5. The monoisotopic (exact) mass is 502 g/mol. The molecule has 0 aliphatic rings. The average Bonchev–Trinajstić information content (AvgIpc) is 2.59. The lowest BCUT2D eigenvalue weighted by Crippen LogP contribution is -2.11. The smallest absolute Gasteiger partial charge is 0.0511 e. The van der Waals surface area contributed by atoms with Crippen molar-refractivity contribution >= 4 is 57.8 Å². The van der Waals surface area contributed by atoms with Crippen molar-refractivity contribution in [2.24, 2.45) is 0 Å². The van der Waals surface area contributed by atoms with E-state index in [9.17, 15) is 0 Å². The Morgan fingerprint density at radius 2 is 0.677 bits per heavy atom. The van der Waals surface area contributed by atoms with Crippen LogP contribution in [0.4, 0.5) is 11.4 Å². The molecule has 0 fully saturated rings. The van der Waals surface area contributed by atoms with Gasteiger partial charge in [-0.3, -0.25) is 0 Å². The van der Waals surface area contributed by atoms with Crippen LogP contribution in [0.15, 0.2) is 0 Å². The van der Waals surface area contributed by atoms with E-state index in [1.165, 1.54) is 0 Å². The number of benzene rings is 2. The van der Waals surface area contributed by atoms with E-state index in [0.717, 1.165) is 33.4 Å². The summed E-state index contributed by atoms with van der Waals surface area (Å²) in [5.41, 5.74) is 19.7. The van der Waals surface area contributed by atoms with Crippen LogP contribution < -0.4 is 11.5 Å². The van der Waals surface area contributed by atoms with E-state index in [0.29, 0.717) is 37.9 Å². The lowest BCUT2D eigenvalue weighted by molar-refractivity contribution is 0.830. The van der Waals surface area contributed by atoms with Crippen molar-refractivity contribution < 1.29 is 0 Å². The highest BCUT2D eigenvalue weighted by molar-refractivity contribution is 6.39. The predicted molar refractivity (Wildman–Crippen MR) is 141 cm³/mol. The van der Waals surface area contributed by atoms with Gasteiger partial charge in [-0.05, 0) is 57.1 Å².